The second kappa shape index (κ2) is 7.11. The Morgan fingerprint density at radius 2 is 2.00 bits per heavy atom. The molecule has 10 heteroatoms. The summed E-state index contributed by atoms with van der Waals surface area (Å²) < 4.78 is 39.1. The summed E-state index contributed by atoms with van der Waals surface area (Å²) in [6, 6.07) is 1.47. The topological polar surface area (TPSA) is 104 Å². The van der Waals surface area contributed by atoms with Crippen LogP contribution >= 0.6 is 0 Å². The number of hydrogen-bond acceptors (Lipinski definition) is 5. The van der Waals surface area contributed by atoms with E-state index in [0.29, 0.717) is 25.1 Å². The van der Waals surface area contributed by atoms with E-state index in [2.05, 4.69) is 10.6 Å². The van der Waals surface area contributed by atoms with E-state index in [9.17, 15) is 33.2 Å². The normalized spacial score (nSPS) is 30.6. The maximum Gasteiger partial charge on any atom is 0.391 e. The van der Waals surface area contributed by atoms with Crippen molar-refractivity contribution in [2.24, 2.45) is 11.8 Å². The fourth-order valence-electron chi connectivity index (χ4n) is 5.59. The first-order chi connectivity index (χ1) is 14.1. The van der Waals surface area contributed by atoms with Crippen LogP contribution in [0, 0.1) is 22.0 Å². The monoisotopic (exact) mass is 427 g/mol. The van der Waals surface area contributed by atoms with E-state index >= 15 is 0 Å². The van der Waals surface area contributed by atoms with Crippen molar-refractivity contribution in [3.8, 4) is 0 Å². The summed E-state index contributed by atoms with van der Waals surface area (Å²) >= 11 is 0. The molecule has 0 radical (unpaired) electrons. The lowest BCUT2D eigenvalue weighted by molar-refractivity contribution is -0.385. The summed E-state index contributed by atoms with van der Waals surface area (Å²) in [5.74, 6) is -2.82. The molecule has 1 aromatic rings. The number of nitro benzene ring substituents is 1. The van der Waals surface area contributed by atoms with Crippen LogP contribution in [0.1, 0.15) is 59.5 Å². The molecule has 2 aliphatic carbocycles. The Kier molecular flexibility index (Phi) is 4.95. The zero-order chi connectivity index (χ0) is 21.8. The number of halogens is 3. The van der Waals surface area contributed by atoms with Crippen LogP contribution in [0.15, 0.2) is 6.07 Å². The minimum absolute atomic E-state index is 0.0643. The number of nitrogens with one attached hydrogen (secondary N) is 2. The standard InChI is InChI=1S/C20H24F3N3O4/c1-24-16-13(10-2-4-11(5-3-10)20(21,22)23)6-14(18(27)28)15(17(16)26(29)30)19-7-12(19)8-25-9-19/h6,10-12,24-25H,2-5,7-9H2,1H3,(H,27,28). The van der Waals surface area contributed by atoms with E-state index < -0.39 is 28.4 Å². The third-order valence-corrected chi connectivity index (χ3v) is 7.19. The molecule has 1 aliphatic heterocycles. The van der Waals surface area contributed by atoms with E-state index in [1.165, 1.54) is 13.1 Å². The minimum Gasteiger partial charge on any atom is -0.478 e. The van der Waals surface area contributed by atoms with E-state index in [0.717, 1.165) is 0 Å². The number of carbonyl (C=O) groups is 1. The lowest BCUT2D eigenvalue weighted by atomic mass is 9.76. The molecule has 0 aromatic heterocycles. The van der Waals surface area contributed by atoms with Crippen LogP contribution in [-0.2, 0) is 5.41 Å². The van der Waals surface area contributed by atoms with E-state index in [1.54, 1.807) is 0 Å². The summed E-state index contributed by atoms with van der Waals surface area (Å²) in [5, 5.41) is 28.1. The highest BCUT2D eigenvalue weighted by atomic mass is 19.4. The molecule has 0 amide bonds. The summed E-state index contributed by atoms with van der Waals surface area (Å²) in [6.45, 7) is 1.17. The van der Waals surface area contributed by atoms with Crippen molar-refractivity contribution in [1.82, 2.24) is 5.32 Å². The molecule has 1 saturated heterocycles. The number of fused-ring (bicyclic) bond motifs is 1. The van der Waals surface area contributed by atoms with Gasteiger partial charge in [-0.15, -0.1) is 0 Å². The number of alkyl halides is 3. The lowest BCUT2D eigenvalue weighted by Gasteiger charge is -2.31. The third-order valence-electron chi connectivity index (χ3n) is 7.19. The predicted octanol–water partition coefficient (Wildman–Crippen LogP) is 4.03. The van der Waals surface area contributed by atoms with Crippen LogP contribution in [0.2, 0.25) is 0 Å². The number of anilines is 1. The van der Waals surface area contributed by atoms with Gasteiger partial charge < -0.3 is 15.7 Å². The SMILES string of the molecule is CNc1c(C2CCC(C(F)(F)F)CC2)cc(C(=O)O)c(C23CNCC2C3)c1[N+](=O)[O-]. The zero-order valence-corrected chi connectivity index (χ0v) is 16.5. The van der Waals surface area contributed by atoms with Gasteiger partial charge in [0, 0.05) is 19.0 Å². The Morgan fingerprint density at radius 3 is 2.43 bits per heavy atom. The van der Waals surface area contributed by atoms with Gasteiger partial charge in [-0.05, 0) is 62.1 Å². The summed E-state index contributed by atoms with van der Waals surface area (Å²) in [5.41, 5.74) is 0.0187. The summed E-state index contributed by atoms with van der Waals surface area (Å²) in [6.07, 6.45) is -3.27. The Labute approximate surface area is 171 Å². The molecule has 2 atom stereocenters. The molecule has 0 bridgehead atoms. The quantitative estimate of drug-likeness (QED) is 0.484. The third kappa shape index (κ3) is 3.21. The Morgan fingerprint density at radius 1 is 1.33 bits per heavy atom. The zero-order valence-electron chi connectivity index (χ0n) is 16.5. The highest BCUT2D eigenvalue weighted by molar-refractivity contribution is 5.95. The van der Waals surface area contributed by atoms with Crippen molar-refractivity contribution in [2.45, 2.75) is 49.6 Å². The molecule has 4 rings (SSSR count). The van der Waals surface area contributed by atoms with Gasteiger partial charge in [-0.2, -0.15) is 13.2 Å². The van der Waals surface area contributed by atoms with Crippen molar-refractivity contribution >= 4 is 17.3 Å². The van der Waals surface area contributed by atoms with Crippen LogP contribution in [0.25, 0.3) is 0 Å². The summed E-state index contributed by atoms with van der Waals surface area (Å²) in [4.78, 5) is 23.7. The molecule has 2 unspecified atom stereocenters. The number of rotatable bonds is 5. The molecule has 7 nitrogen and oxygen atoms in total. The van der Waals surface area contributed by atoms with Gasteiger partial charge in [-0.3, -0.25) is 10.1 Å². The second-order valence-corrected chi connectivity index (χ2v) is 8.70. The van der Waals surface area contributed by atoms with Gasteiger partial charge in [0.05, 0.1) is 22.0 Å². The van der Waals surface area contributed by atoms with Gasteiger partial charge in [0.25, 0.3) is 5.69 Å². The molecule has 3 N–H and O–H groups in total. The molecular formula is C20H24F3N3O4. The summed E-state index contributed by atoms with van der Waals surface area (Å²) in [7, 11) is 1.53. The van der Waals surface area contributed by atoms with Gasteiger partial charge in [0.15, 0.2) is 0 Å². The van der Waals surface area contributed by atoms with Crippen LogP contribution in [0.4, 0.5) is 24.5 Å². The van der Waals surface area contributed by atoms with Gasteiger partial charge >= 0.3 is 12.1 Å². The predicted molar refractivity (Wildman–Crippen MR) is 103 cm³/mol. The van der Waals surface area contributed by atoms with Crippen molar-refractivity contribution < 1.29 is 28.0 Å². The fourth-order valence-corrected chi connectivity index (χ4v) is 5.59. The van der Waals surface area contributed by atoms with Crippen LogP contribution in [-0.4, -0.2) is 42.3 Å². The molecule has 2 saturated carbocycles. The number of hydrogen-bond donors (Lipinski definition) is 3. The van der Waals surface area contributed by atoms with Crippen molar-refractivity contribution in [1.29, 1.82) is 0 Å². The maximum atomic E-state index is 13.0. The molecule has 1 aromatic carbocycles. The molecular weight excluding hydrogens is 403 g/mol. The second-order valence-electron chi connectivity index (χ2n) is 8.70. The average molecular weight is 427 g/mol. The number of nitrogens with zero attached hydrogens (tertiary/aromatic N) is 1. The van der Waals surface area contributed by atoms with Crippen LogP contribution < -0.4 is 10.6 Å². The average Bonchev–Trinajstić information content (AvgIpc) is 3.25. The number of aromatic carboxylic acids is 1. The van der Waals surface area contributed by atoms with Gasteiger partial charge in [-0.1, -0.05) is 0 Å². The lowest BCUT2D eigenvalue weighted by Crippen LogP contribution is -2.28. The maximum absolute atomic E-state index is 13.0. The molecule has 30 heavy (non-hydrogen) atoms. The number of carboxylic acids is 1. The number of nitro groups is 1. The highest BCUT2D eigenvalue weighted by Gasteiger charge is 2.62. The van der Waals surface area contributed by atoms with Gasteiger partial charge in [0.2, 0.25) is 0 Å². The van der Waals surface area contributed by atoms with Crippen molar-refractivity contribution in [3.05, 3.63) is 32.9 Å². The van der Waals surface area contributed by atoms with E-state index in [-0.39, 0.29) is 60.0 Å². The number of carboxylic acid groups (broad SMARTS) is 1. The largest absolute Gasteiger partial charge is 0.478 e. The van der Waals surface area contributed by atoms with Crippen LogP contribution in [0.5, 0.6) is 0 Å². The first-order valence-electron chi connectivity index (χ1n) is 10.1. The molecule has 3 fully saturated rings. The smallest absolute Gasteiger partial charge is 0.391 e. The van der Waals surface area contributed by atoms with E-state index in [4.69, 9.17) is 0 Å². The first-order valence-corrected chi connectivity index (χ1v) is 10.1. The Bertz CT molecular complexity index is 896. The van der Waals surface area contributed by atoms with E-state index in [1.807, 2.05) is 0 Å². The molecule has 1 heterocycles. The van der Waals surface area contributed by atoms with Crippen molar-refractivity contribution in [2.75, 3.05) is 25.5 Å². The number of piperidine rings is 1. The van der Waals surface area contributed by atoms with Gasteiger partial charge in [0.1, 0.15) is 5.69 Å². The van der Waals surface area contributed by atoms with Crippen LogP contribution in [0.3, 0.4) is 0 Å². The number of benzene rings is 1. The minimum atomic E-state index is -4.26. The first kappa shape index (κ1) is 20.9. The Balaban J connectivity index is 1.81. The van der Waals surface area contributed by atoms with Crippen molar-refractivity contribution in [3.63, 3.8) is 0 Å². The highest BCUT2D eigenvalue weighted by Crippen LogP contribution is 2.61. The molecule has 164 valence electrons. The van der Waals surface area contributed by atoms with Gasteiger partial charge in [-0.25, -0.2) is 4.79 Å². The fraction of sp³-hybridized carbons (Fsp3) is 0.650. The Hall–Kier alpha value is -2.36. The molecule has 3 aliphatic rings. The molecule has 0 spiro atoms.